The lowest BCUT2D eigenvalue weighted by molar-refractivity contribution is 0.332. The molecule has 4 heterocycles. The zero-order valence-corrected chi connectivity index (χ0v) is 41.4. The minimum absolute atomic E-state index is 0.00586. The van der Waals surface area contributed by atoms with Crippen molar-refractivity contribution in [1.82, 2.24) is 0 Å². The van der Waals surface area contributed by atoms with Gasteiger partial charge in [-0.2, -0.15) is 0 Å². The lowest BCUT2D eigenvalue weighted by Gasteiger charge is -2.46. The molecule has 1 aliphatic carbocycles. The first-order valence-corrected chi connectivity index (χ1v) is 23.4. The zero-order valence-electron chi connectivity index (χ0n) is 41.4. The van der Waals surface area contributed by atoms with E-state index in [9.17, 15) is 0 Å². The Morgan fingerprint density at radius 1 is 0.522 bits per heavy atom. The Labute approximate surface area is 408 Å². The third kappa shape index (κ3) is 6.50. The molecule has 4 nitrogen and oxygen atoms in total. The summed E-state index contributed by atoms with van der Waals surface area (Å²) >= 11 is 0. The zero-order chi connectivity index (χ0) is 48.7. The summed E-state index contributed by atoms with van der Waals surface area (Å²) in [6.45, 7) is 28.2. The maximum absolute atomic E-state index is 7.52. The van der Waals surface area contributed by atoms with Crippen molar-refractivity contribution < 1.29 is 8.83 Å². The Hall–Kier alpha value is -4.64. The van der Waals surface area contributed by atoms with Gasteiger partial charge in [0.15, 0.2) is 7.85 Å². The van der Waals surface area contributed by atoms with E-state index in [1.165, 1.54) is 16.7 Å². The van der Waals surface area contributed by atoms with E-state index in [2.05, 4.69) is 123 Å². The van der Waals surface area contributed by atoms with Gasteiger partial charge in [-0.1, -0.05) is 146 Å². The Bertz CT molecular complexity index is 3270. The Balaban J connectivity index is 1.43. The monoisotopic (exact) mass is 858 g/mol. The SMILES string of the molecule is [B]c1oc2c([B])c3c(c([B])c2c1[B])N(c1c([B])c([B])c(C(C)(C)C)c([B])c1[B])c1cc(C(C)(C)C)cc2c1B3c1oc3cc4c(cc3c1N2c1ccc(C(C)(C)C)cc1)C(C)(C)CCC4(C)C. The highest BCUT2D eigenvalue weighted by atomic mass is 16.3. The molecule has 316 valence electrons. The first-order valence-electron chi connectivity index (χ1n) is 23.4. The van der Waals surface area contributed by atoms with Gasteiger partial charge in [0.1, 0.15) is 66.1 Å². The van der Waals surface area contributed by atoms with E-state index in [1.807, 2.05) is 25.7 Å². The first-order chi connectivity index (χ1) is 31.0. The molecule has 0 saturated carbocycles. The summed E-state index contributed by atoms with van der Waals surface area (Å²) < 4.78 is 13.7. The highest BCUT2D eigenvalue weighted by molar-refractivity contribution is 7.02. The summed E-state index contributed by atoms with van der Waals surface area (Å²) in [6, 6.07) is 18.1. The van der Waals surface area contributed by atoms with Gasteiger partial charge < -0.3 is 18.6 Å². The summed E-state index contributed by atoms with van der Waals surface area (Å²) in [5, 5.41) is 1.39. The van der Waals surface area contributed by atoms with Gasteiger partial charge in [-0.3, -0.25) is 0 Å². The molecule has 7 aromatic rings. The van der Waals surface area contributed by atoms with Crippen LogP contribution in [0.25, 0.3) is 21.9 Å². The fraction of sp³-hybridized carbons (Fsp3) is 0.370. The van der Waals surface area contributed by atoms with Crippen molar-refractivity contribution in [3.63, 3.8) is 0 Å². The topological polar surface area (TPSA) is 32.8 Å². The van der Waals surface area contributed by atoms with E-state index in [-0.39, 0.29) is 54.8 Å². The number of nitrogens with zero attached hydrogens (tertiary/aromatic N) is 2. The predicted octanol–water partition coefficient (Wildman–Crippen LogP) is 3.85. The van der Waals surface area contributed by atoms with E-state index < -0.39 is 12.1 Å². The largest absolute Gasteiger partial charge is 0.474 e. The molecule has 13 heteroatoms. The lowest BCUT2D eigenvalue weighted by Crippen LogP contribution is -2.66. The number of furan rings is 2. The first kappa shape index (κ1) is 46.1. The standard InChI is InChI=1S/C54H51B9N2O2/c1-50(2,3)24-14-16-26(17-15-24)64-30-20-25(51(4,5)6)21-31-42(30)63(49-44(64)27-22-28-29(23-32(27)66-49)54(12,13)19-18-53(28,10)11)43-41(61)47-33(36(56)48(62)67-47)35(55)46(43)65(31)45-39(59)37(57)34(52(7,8)9)38(58)40(45)60/h14-17,20-23H,18-19H2,1-13H3. The second kappa shape index (κ2) is 14.5. The van der Waals surface area contributed by atoms with E-state index in [0.717, 1.165) is 57.6 Å². The van der Waals surface area contributed by atoms with Crippen LogP contribution < -0.4 is 70.3 Å². The van der Waals surface area contributed by atoms with Crippen LogP contribution in [0.15, 0.2) is 57.4 Å². The molecule has 0 atom stereocenters. The summed E-state index contributed by atoms with van der Waals surface area (Å²) in [7, 11) is 57.0. The molecule has 67 heavy (non-hydrogen) atoms. The van der Waals surface area contributed by atoms with Crippen LogP contribution in [0.5, 0.6) is 0 Å². The minimum atomic E-state index is -0.624. The van der Waals surface area contributed by atoms with Crippen LogP contribution in [0.1, 0.15) is 131 Å². The third-order valence-electron chi connectivity index (χ3n) is 15.3. The number of benzene rings is 5. The molecule has 0 N–H and O–H groups in total. The van der Waals surface area contributed by atoms with Crippen LogP contribution in [0.4, 0.5) is 34.1 Å². The van der Waals surface area contributed by atoms with Crippen LogP contribution in [-0.4, -0.2) is 69.5 Å². The van der Waals surface area contributed by atoms with Crippen LogP contribution >= 0.6 is 0 Å². The average Bonchev–Trinajstić information content (AvgIpc) is 3.75. The molecule has 0 unspecified atom stereocenters. The molecule has 16 radical (unpaired) electrons. The molecule has 2 aliphatic heterocycles. The van der Waals surface area contributed by atoms with E-state index in [4.69, 9.17) is 71.6 Å². The summed E-state index contributed by atoms with van der Waals surface area (Å²) in [4.78, 5) is 4.36. The van der Waals surface area contributed by atoms with Crippen molar-refractivity contribution in [3.8, 4) is 0 Å². The highest BCUT2D eigenvalue weighted by Crippen LogP contribution is 2.52. The molecule has 0 bridgehead atoms. The Kier molecular flexibility index (Phi) is 9.95. The Morgan fingerprint density at radius 3 is 1.60 bits per heavy atom. The fourth-order valence-electron chi connectivity index (χ4n) is 11.4. The van der Waals surface area contributed by atoms with Crippen LogP contribution in [0, 0.1) is 0 Å². The maximum atomic E-state index is 7.52. The fourth-order valence-corrected chi connectivity index (χ4v) is 11.4. The van der Waals surface area contributed by atoms with Gasteiger partial charge in [0.25, 0.3) is 6.71 Å². The van der Waals surface area contributed by atoms with Crippen LogP contribution in [0.2, 0.25) is 0 Å². The highest BCUT2D eigenvalue weighted by Gasteiger charge is 2.50. The predicted molar refractivity (Wildman–Crippen MR) is 294 cm³/mol. The second-order valence-electron chi connectivity index (χ2n) is 23.9. The minimum Gasteiger partial charge on any atom is -0.474 e. The van der Waals surface area contributed by atoms with Crippen molar-refractivity contribution in [3.05, 3.63) is 76.3 Å². The van der Waals surface area contributed by atoms with Gasteiger partial charge in [0.2, 0.25) is 0 Å². The number of hydrogen-bond donors (Lipinski definition) is 0. The maximum Gasteiger partial charge on any atom is 0.296 e. The molecule has 2 aromatic heterocycles. The number of hydrogen-bond acceptors (Lipinski definition) is 4. The van der Waals surface area contributed by atoms with Crippen molar-refractivity contribution in [2.75, 3.05) is 9.80 Å². The van der Waals surface area contributed by atoms with Gasteiger partial charge in [-0.25, -0.2) is 0 Å². The van der Waals surface area contributed by atoms with E-state index in [0.29, 0.717) is 49.8 Å². The lowest BCUT2D eigenvalue weighted by atomic mass is 9.33. The number of rotatable bonds is 2. The van der Waals surface area contributed by atoms with Gasteiger partial charge in [0.05, 0.1) is 11.3 Å². The summed E-state index contributed by atoms with van der Waals surface area (Å²) in [5.41, 5.74) is 14.1. The average molecular weight is 857 g/mol. The summed E-state index contributed by atoms with van der Waals surface area (Å²) in [5.74, 6) is 0. The van der Waals surface area contributed by atoms with Crippen molar-refractivity contribution in [2.24, 2.45) is 0 Å². The molecular formula is C54H51B9N2O2. The Morgan fingerprint density at radius 2 is 1.06 bits per heavy atom. The van der Waals surface area contributed by atoms with Crippen LogP contribution in [0.3, 0.4) is 0 Å². The van der Waals surface area contributed by atoms with Crippen molar-refractivity contribution >= 4 is 186 Å². The molecular weight excluding hydrogens is 806 g/mol. The van der Waals surface area contributed by atoms with Crippen molar-refractivity contribution in [1.29, 1.82) is 0 Å². The van der Waals surface area contributed by atoms with E-state index >= 15 is 0 Å². The molecule has 0 saturated heterocycles. The quantitative estimate of drug-likeness (QED) is 0.248. The molecule has 0 amide bonds. The van der Waals surface area contributed by atoms with Crippen molar-refractivity contribution in [2.45, 2.75) is 130 Å². The van der Waals surface area contributed by atoms with Gasteiger partial charge in [-0.05, 0) is 109 Å². The third-order valence-corrected chi connectivity index (χ3v) is 15.3. The van der Waals surface area contributed by atoms with Gasteiger partial charge in [-0.15, -0.1) is 0 Å². The normalized spacial score (nSPS) is 16.3. The van der Waals surface area contributed by atoms with E-state index in [1.54, 1.807) is 0 Å². The van der Waals surface area contributed by atoms with Gasteiger partial charge >= 0.3 is 0 Å². The summed E-state index contributed by atoms with van der Waals surface area (Å²) in [6.07, 6.45) is 2.11. The second-order valence-corrected chi connectivity index (χ2v) is 23.9. The van der Waals surface area contributed by atoms with Gasteiger partial charge in [0, 0.05) is 44.9 Å². The molecule has 0 spiro atoms. The molecule has 5 aromatic carbocycles. The molecule has 10 rings (SSSR count). The number of fused-ring (bicyclic) bond motifs is 8. The number of anilines is 6. The molecule has 0 fully saturated rings. The molecule has 3 aliphatic rings. The van der Waals surface area contributed by atoms with Crippen LogP contribution in [-0.2, 0) is 27.1 Å². The smallest absolute Gasteiger partial charge is 0.296 e.